The van der Waals surface area contributed by atoms with Gasteiger partial charge in [-0.05, 0) is 48.0 Å². The third-order valence-corrected chi connectivity index (χ3v) is 3.15. The minimum Gasteiger partial charge on any atom is -0.508 e. The van der Waals surface area contributed by atoms with Crippen LogP contribution in [-0.2, 0) is 9.53 Å². The predicted octanol–water partition coefficient (Wildman–Crippen LogP) is 2.75. The first-order valence-corrected chi connectivity index (χ1v) is 6.62. The lowest BCUT2D eigenvalue weighted by molar-refractivity contribution is -0.129. The molecule has 5 heteroatoms. The van der Waals surface area contributed by atoms with Gasteiger partial charge < -0.3 is 14.6 Å². The highest BCUT2D eigenvalue weighted by atomic mass is 16.6. The maximum absolute atomic E-state index is 11.9. The van der Waals surface area contributed by atoms with Crippen molar-refractivity contribution in [3.05, 3.63) is 65.4 Å². The molecule has 0 spiro atoms. The zero-order chi connectivity index (χ0) is 15.5. The summed E-state index contributed by atoms with van der Waals surface area (Å²) in [5.74, 6) is 0.642. The number of hydrogen-bond acceptors (Lipinski definition) is 5. The number of phenols is 1. The lowest BCUT2D eigenvalue weighted by Gasteiger charge is -2.01. The summed E-state index contributed by atoms with van der Waals surface area (Å²) in [6, 6.07) is 13.6. The van der Waals surface area contributed by atoms with Gasteiger partial charge in [-0.15, -0.1) is 0 Å². The second-order valence-electron chi connectivity index (χ2n) is 4.66. The molecule has 5 nitrogen and oxygen atoms in total. The maximum atomic E-state index is 11.9. The van der Waals surface area contributed by atoms with Crippen molar-refractivity contribution in [2.24, 2.45) is 4.99 Å². The largest absolute Gasteiger partial charge is 0.508 e. The Morgan fingerprint density at radius 3 is 2.41 bits per heavy atom. The molecule has 1 aliphatic heterocycles. The van der Waals surface area contributed by atoms with Crippen LogP contribution >= 0.6 is 0 Å². The SMILES string of the molecule is COc1ccc(C2=N/C(=C\c3ccc(O)cc3)C(=O)O2)cc1. The van der Waals surface area contributed by atoms with E-state index in [1.54, 1.807) is 61.7 Å². The van der Waals surface area contributed by atoms with Crippen LogP contribution in [0.15, 0.2) is 59.2 Å². The minimum absolute atomic E-state index is 0.165. The van der Waals surface area contributed by atoms with Crippen molar-refractivity contribution >= 4 is 17.9 Å². The summed E-state index contributed by atoms with van der Waals surface area (Å²) in [5.41, 5.74) is 1.67. The molecule has 3 rings (SSSR count). The summed E-state index contributed by atoms with van der Waals surface area (Å²) in [5, 5.41) is 9.25. The van der Waals surface area contributed by atoms with Crippen LogP contribution in [0.4, 0.5) is 0 Å². The highest BCUT2D eigenvalue weighted by Crippen LogP contribution is 2.21. The van der Waals surface area contributed by atoms with Crippen molar-refractivity contribution < 1.29 is 19.4 Å². The van der Waals surface area contributed by atoms with Gasteiger partial charge in [-0.1, -0.05) is 12.1 Å². The molecular weight excluding hydrogens is 282 g/mol. The highest BCUT2D eigenvalue weighted by Gasteiger charge is 2.24. The molecule has 0 aliphatic carbocycles. The first-order valence-electron chi connectivity index (χ1n) is 6.62. The van der Waals surface area contributed by atoms with Gasteiger partial charge >= 0.3 is 5.97 Å². The number of rotatable bonds is 3. The Kier molecular flexibility index (Phi) is 3.62. The molecule has 0 saturated heterocycles. The maximum Gasteiger partial charge on any atom is 0.363 e. The molecule has 2 aromatic carbocycles. The quantitative estimate of drug-likeness (QED) is 0.698. The van der Waals surface area contributed by atoms with E-state index >= 15 is 0 Å². The molecular formula is C17H13NO4. The van der Waals surface area contributed by atoms with E-state index in [-0.39, 0.29) is 17.3 Å². The second kappa shape index (κ2) is 5.73. The summed E-state index contributed by atoms with van der Waals surface area (Å²) in [6.45, 7) is 0. The van der Waals surface area contributed by atoms with Gasteiger partial charge in [-0.3, -0.25) is 0 Å². The average Bonchev–Trinajstić information content (AvgIpc) is 2.91. The number of aromatic hydroxyl groups is 1. The number of aliphatic imine (C=N–C) groups is 1. The fraction of sp³-hybridized carbons (Fsp3) is 0.0588. The normalized spacial score (nSPS) is 15.6. The molecule has 1 aliphatic rings. The number of carbonyl (C=O) groups excluding carboxylic acids is 1. The number of nitrogens with zero attached hydrogens (tertiary/aromatic N) is 1. The Morgan fingerprint density at radius 1 is 1.09 bits per heavy atom. The van der Waals surface area contributed by atoms with Crippen molar-refractivity contribution in [2.75, 3.05) is 7.11 Å². The zero-order valence-corrected chi connectivity index (χ0v) is 11.8. The van der Waals surface area contributed by atoms with Gasteiger partial charge in [-0.25, -0.2) is 9.79 Å². The predicted molar refractivity (Wildman–Crippen MR) is 81.7 cm³/mol. The van der Waals surface area contributed by atoms with Gasteiger partial charge in [0.05, 0.1) is 7.11 Å². The molecule has 0 atom stereocenters. The van der Waals surface area contributed by atoms with E-state index in [1.165, 1.54) is 0 Å². The molecule has 2 aromatic rings. The number of cyclic esters (lactones) is 1. The summed E-state index contributed by atoms with van der Waals surface area (Å²) in [7, 11) is 1.58. The summed E-state index contributed by atoms with van der Waals surface area (Å²) in [4.78, 5) is 16.1. The van der Waals surface area contributed by atoms with Crippen LogP contribution < -0.4 is 4.74 Å². The van der Waals surface area contributed by atoms with Crippen molar-refractivity contribution in [3.63, 3.8) is 0 Å². The first kappa shape index (κ1) is 13.9. The lowest BCUT2D eigenvalue weighted by Crippen LogP contribution is -2.05. The summed E-state index contributed by atoms with van der Waals surface area (Å²) < 4.78 is 10.3. The zero-order valence-electron chi connectivity index (χ0n) is 11.8. The van der Waals surface area contributed by atoms with E-state index in [0.717, 1.165) is 5.56 Å². The van der Waals surface area contributed by atoms with Crippen LogP contribution in [0.3, 0.4) is 0 Å². The Bertz CT molecular complexity index is 758. The van der Waals surface area contributed by atoms with Crippen LogP contribution in [0.1, 0.15) is 11.1 Å². The van der Waals surface area contributed by atoms with Crippen molar-refractivity contribution in [1.29, 1.82) is 0 Å². The third-order valence-electron chi connectivity index (χ3n) is 3.15. The van der Waals surface area contributed by atoms with E-state index in [0.29, 0.717) is 11.3 Å². The fourth-order valence-corrected chi connectivity index (χ4v) is 1.99. The topological polar surface area (TPSA) is 68.1 Å². The number of esters is 1. The Hall–Kier alpha value is -3.08. The van der Waals surface area contributed by atoms with E-state index < -0.39 is 5.97 Å². The number of hydrogen-bond donors (Lipinski definition) is 1. The van der Waals surface area contributed by atoms with Gasteiger partial charge in [0.2, 0.25) is 5.90 Å². The molecule has 0 saturated carbocycles. The molecule has 0 radical (unpaired) electrons. The molecule has 22 heavy (non-hydrogen) atoms. The molecule has 0 amide bonds. The van der Waals surface area contributed by atoms with Crippen molar-refractivity contribution in [2.45, 2.75) is 0 Å². The summed E-state index contributed by atoms with van der Waals surface area (Å²) in [6.07, 6.45) is 1.61. The number of phenolic OH excluding ortho intramolecular Hbond substituents is 1. The smallest absolute Gasteiger partial charge is 0.363 e. The number of methoxy groups -OCH3 is 1. The van der Waals surface area contributed by atoms with Crippen LogP contribution in [0, 0.1) is 0 Å². The number of ether oxygens (including phenoxy) is 2. The standard InChI is InChI=1S/C17H13NO4/c1-21-14-8-4-12(5-9-14)16-18-15(17(20)22-16)10-11-2-6-13(19)7-3-11/h2-10,19H,1H3/b15-10-. The molecule has 0 fully saturated rings. The monoisotopic (exact) mass is 295 g/mol. The van der Waals surface area contributed by atoms with E-state index in [9.17, 15) is 9.90 Å². The van der Waals surface area contributed by atoms with Crippen LogP contribution in [-0.4, -0.2) is 24.1 Å². The number of benzene rings is 2. The molecule has 1 N–H and O–H groups in total. The van der Waals surface area contributed by atoms with Gasteiger partial charge in [0.25, 0.3) is 0 Å². The van der Waals surface area contributed by atoms with Gasteiger partial charge in [-0.2, -0.15) is 0 Å². The number of carbonyl (C=O) groups is 1. The lowest BCUT2D eigenvalue weighted by atomic mass is 10.2. The van der Waals surface area contributed by atoms with Crippen LogP contribution in [0.25, 0.3) is 6.08 Å². The fourth-order valence-electron chi connectivity index (χ4n) is 1.99. The van der Waals surface area contributed by atoms with E-state index in [1.807, 2.05) is 0 Å². The van der Waals surface area contributed by atoms with Crippen LogP contribution in [0.5, 0.6) is 11.5 Å². The van der Waals surface area contributed by atoms with Gasteiger partial charge in [0, 0.05) is 5.56 Å². The Morgan fingerprint density at radius 2 is 1.77 bits per heavy atom. The van der Waals surface area contributed by atoms with Crippen molar-refractivity contribution in [1.82, 2.24) is 0 Å². The van der Waals surface area contributed by atoms with E-state index in [2.05, 4.69) is 4.99 Å². The minimum atomic E-state index is -0.501. The van der Waals surface area contributed by atoms with E-state index in [4.69, 9.17) is 9.47 Å². The Balaban J connectivity index is 1.88. The highest BCUT2D eigenvalue weighted by molar-refractivity contribution is 6.12. The first-order chi connectivity index (χ1) is 10.7. The van der Waals surface area contributed by atoms with Gasteiger partial charge in [0.1, 0.15) is 11.5 Å². The van der Waals surface area contributed by atoms with Crippen molar-refractivity contribution in [3.8, 4) is 11.5 Å². The molecule has 110 valence electrons. The summed E-state index contributed by atoms with van der Waals surface area (Å²) >= 11 is 0. The molecule has 0 unspecified atom stereocenters. The van der Waals surface area contributed by atoms with Crippen LogP contribution in [0.2, 0.25) is 0 Å². The Labute approximate surface area is 127 Å². The second-order valence-corrected chi connectivity index (χ2v) is 4.66. The molecule has 0 aromatic heterocycles. The van der Waals surface area contributed by atoms with Gasteiger partial charge in [0.15, 0.2) is 5.70 Å². The average molecular weight is 295 g/mol. The molecule has 1 heterocycles. The third kappa shape index (κ3) is 2.83. The molecule has 0 bridgehead atoms.